The lowest BCUT2D eigenvalue weighted by Crippen LogP contribution is -1.90. The van der Waals surface area contributed by atoms with Crippen LogP contribution in [0.25, 0.3) is 22.4 Å². The Morgan fingerprint density at radius 1 is 1.30 bits per heavy atom. The van der Waals surface area contributed by atoms with Crippen molar-refractivity contribution in [1.29, 1.82) is 0 Å². The Morgan fingerprint density at radius 3 is 2.90 bits per heavy atom. The average molecular weight is 301 g/mol. The molecule has 2 N–H and O–H groups in total. The van der Waals surface area contributed by atoms with Gasteiger partial charge in [0.2, 0.25) is 0 Å². The van der Waals surface area contributed by atoms with Gasteiger partial charge in [-0.05, 0) is 25.1 Å². The van der Waals surface area contributed by atoms with Crippen LogP contribution in [0.3, 0.4) is 0 Å². The SMILES string of the molecule is CC(=O)c1ccc(C=Cc2csc3c(N)ncnc23)s1. The second kappa shape index (κ2) is 5.15. The lowest BCUT2D eigenvalue weighted by atomic mass is 10.2. The molecule has 0 amide bonds. The van der Waals surface area contributed by atoms with E-state index in [-0.39, 0.29) is 5.78 Å². The topological polar surface area (TPSA) is 68.9 Å². The molecule has 20 heavy (non-hydrogen) atoms. The highest BCUT2D eigenvalue weighted by Gasteiger charge is 2.07. The minimum Gasteiger partial charge on any atom is -0.382 e. The molecule has 100 valence electrons. The molecule has 0 radical (unpaired) electrons. The summed E-state index contributed by atoms with van der Waals surface area (Å²) in [6, 6.07) is 3.79. The van der Waals surface area contributed by atoms with Gasteiger partial charge in [0.1, 0.15) is 12.1 Å². The third-order valence-corrected chi connectivity index (χ3v) is 4.97. The van der Waals surface area contributed by atoms with Gasteiger partial charge in [-0.1, -0.05) is 6.08 Å². The summed E-state index contributed by atoms with van der Waals surface area (Å²) in [5.74, 6) is 0.603. The van der Waals surface area contributed by atoms with Gasteiger partial charge < -0.3 is 5.73 Å². The molecule has 0 unspecified atom stereocenters. The number of anilines is 1. The van der Waals surface area contributed by atoms with E-state index in [9.17, 15) is 4.79 Å². The summed E-state index contributed by atoms with van der Waals surface area (Å²) in [4.78, 5) is 21.3. The molecule has 0 saturated carbocycles. The van der Waals surface area contributed by atoms with E-state index in [0.717, 1.165) is 25.5 Å². The van der Waals surface area contributed by atoms with E-state index in [1.54, 1.807) is 6.92 Å². The third-order valence-electron chi connectivity index (χ3n) is 2.81. The predicted molar refractivity (Wildman–Crippen MR) is 85.1 cm³/mol. The van der Waals surface area contributed by atoms with Crippen LogP contribution >= 0.6 is 22.7 Å². The molecule has 3 heterocycles. The number of Topliss-reactive ketones (excluding diaryl/α,β-unsaturated/α-hetero) is 1. The molecule has 0 atom stereocenters. The number of fused-ring (bicyclic) bond motifs is 1. The number of nitrogens with zero attached hydrogens (tertiary/aromatic N) is 2. The number of carbonyl (C=O) groups excluding carboxylic acids is 1. The highest BCUT2D eigenvalue weighted by molar-refractivity contribution is 7.18. The second-order valence-corrected chi connectivity index (χ2v) is 6.21. The molecule has 0 aliphatic rings. The fourth-order valence-corrected chi connectivity index (χ4v) is 3.51. The van der Waals surface area contributed by atoms with Crippen molar-refractivity contribution in [3.05, 3.63) is 39.2 Å². The van der Waals surface area contributed by atoms with Crippen LogP contribution in [0.2, 0.25) is 0 Å². The summed E-state index contributed by atoms with van der Waals surface area (Å²) in [6.07, 6.45) is 5.44. The fourth-order valence-electron chi connectivity index (χ4n) is 1.81. The number of rotatable bonds is 3. The lowest BCUT2D eigenvalue weighted by Gasteiger charge is -1.93. The van der Waals surface area contributed by atoms with E-state index in [4.69, 9.17) is 5.73 Å². The first kappa shape index (κ1) is 13.0. The molecule has 0 fully saturated rings. The van der Waals surface area contributed by atoms with Gasteiger partial charge in [0, 0.05) is 15.8 Å². The Bertz CT molecular complexity index is 817. The van der Waals surface area contributed by atoms with Crippen molar-refractivity contribution >= 4 is 56.6 Å². The second-order valence-electron chi connectivity index (χ2n) is 4.22. The zero-order valence-corrected chi connectivity index (χ0v) is 12.3. The van der Waals surface area contributed by atoms with E-state index in [1.807, 2.05) is 29.7 Å². The molecule has 0 aliphatic heterocycles. The monoisotopic (exact) mass is 301 g/mol. The summed E-state index contributed by atoms with van der Waals surface area (Å²) in [5.41, 5.74) is 7.69. The highest BCUT2D eigenvalue weighted by Crippen LogP contribution is 2.29. The Hall–Kier alpha value is -2.05. The van der Waals surface area contributed by atoms with Crippen molar-refractivity contribution in [3.8, 4) is 0 Å². The highest BCUT2D eigenvalue weighted by atomic mass is 32.1. The Morgan fingerprint density at radius 2 is 2.15 bits per heavy atom. The van der Waals surface area contributed by atoms with E-state index in [1.165, 1.54) is 29.0 Å². The molecular weight excluding hydrogens is 290 g/mol. The molecule has 0 saturated heterocycles. The Labute approximate surface area is 123 Å². The molecule has 6 heteroatoms. The van der Waals surface area contributed by atoms with E-state index < -0.39 is 0 Å². The molecule has 0 spiro atoms. The number of aromatic nitrogens is 2. The van der Waals surface area contributed by atoms with E-state index in [0.29, 0.717) is 5.82 Å². The maximum absolute atomic E-state index is 11.3. The fraction of sp³-hybridized carbons (Fsp3) is 0.0714. The summed E-state index contributed by atoms with van der Waals surface area (Å²) in [6.45, 7) is 1.57. The van der Waals surface area contributed by atoms with Crippen LogP contribution in [0.1, 0.15) is 27.0 Å². The molecule has 3 aromatic rings. The maximum Gasteiger partial charge on any atom is 0.169 e. The van der Waals surface area contributed by atoms with Gasteiger partial charge in [-0.2, -0.15) is 0 Å². The maximum atomic E-state index is 11.3. The van der Waals surface area contributed by atoms with Gasteiger partial charge in [0.15, 0.2) is 5.78 Å². The number of hydrogen-bond acceptors (Lipinski definition) is 6. The molecule has 0 aliphatic carbocycles. The quantitative estimate of drug-likeness (QED) is 0.749. The third kappa shape index (κ3) is 2.35. The number of carbonyl (C=O) groups is 1. The molecule has 0 bridgehead atoms. The van der Waals surface area contributed by atoms with Crippen LogP contribution in [-0.4, -0.2) is 15.8 Å². The smallest absolute Gasteiger partial charge is 0.169 e. The number of thiophene rings is 2. The summed E-state index contributed by atoms with van der Waals surface area (Å²) in [5, 5.41) is 2.01. The summed E-state index contributed by atoms with van der Waals surface area (Å²) >= 11 is 3.01. The van der Waals surface area contributed by atoms with Crippen molar-refractivity contribution in [2.45, 2.75) is 6.92 Å². The van der Waals surface area contributed by atoms with Gasteiger partial charge in [0.25, 0.3) is 0 Å². The van der Waals surface area contributed by atoms with Gasteiger partial charge in [-0.15, -0.1) is 22.7 Å². The Balaban J connectivity index is 1.94. The van der Waals surface area contributed by atoms with E-state index in [2.05, 4.69) is 9.97 Å². The van der Waals surface area contributed by atoms with Gasteiger partial charge in [-0.3, -0.25) is 4.79 Å². The van der Waals surface area contributed by atoms with Crippen LogP contribution in [0, 0.1) is 0 Å². The first-order valence-corrected chi connectivity index (χ1v) is 7.61. The molecule has 3 aromatic heterocycles. The van der Waals surface area contributed by atoms with Crippen molar-refractivity contribution in [3.63, 3.8) is 0 Å². The predicted octanol–water partition coefficient (Wildman–Crippen LogP) is 3.71. The van der Waals surface area contributed by atoms with Crippen LogP contribution in [0.4, 0.5) is 5.82 Å². The summed E-state index contributed by atoms with van der Waals surface area (Å²) < 4.78 is 0.905. The van der Waals surface area contributed by atoms with E-state index >= 15 is 0 Å². The van der Waals surface area contributed by atoms with Crippen molar-refractivity contribution in [2.75, 3.05) is 5.73 Å². The van der Waals surface area contributed by atoms with Gasteiger partial charge in [0.05, 0.1) is 15.1 Å². The van der Waals surface area contributed by atoms with Crippen molar-refractivity contribution in [2.24, 2.45) is 0 Å². The van der Waals surface area contributed by atoms with Crippen molar-refractivity contribution < 1.29 is 4.79 Å². The number of ketones is 1. The Kier molecular flexibility index (Phi) is 3.33. The zero-order chi connectivity index (χ0) is 14.1. The summed E-state index contributed by atoms with van der Waals surface area (Å²) in [7, 11) is 0. The van der Waals surface area contributed by atoms with Crippen LogP contribution < -0.4 is 5.73 Å². The first-order chi connectivity index (χ1) is 9.65. The van der Waals surface area contributed by atoms with Crippen LogP contribution in [-0.2, 0) is 0 Å². The zero-order valence-electron chi connectivity index (χ0n) is 10.7. The molecule has 3 rings (SSSR count). The lowest BCUT2D eigenvalue weighted by molar-refractivity contribution is 0.102. The largest absolute Gasteiger partial charge is 0.382 e. The normalized spacial score (nSPS) is 11.4. The van der Waals surface area contributed by atoms with Crippen molar-refractivity contribution in [1.82, 2.24) is 9.97 Å². The minimum absolute atomic E-state index is 0.0937. The minimum atomic E-state index is 0.0937. The standard InChI is InChI=1S/C14H11N3OS2/c1-8(18)11-5-4-10(20-11)3-2-9-6-19-13-12(9)16-7-17-14(13)15/h2-7H,1H3,(H2,15,16,17). The van der Waals surface area contributed by atoms with Crippen LogP contribution in [0.5, 0.6) is 0 Å². The number of nitrogen functional groups attached to an aromatic ring is 1. The first-order valence-electron chi connectivity index (χ1n) is 5.91. The number of nitrogens with two attached hydrogens (primary N) is 1. The van der Waals surface area contributed by atoms with Crippen LogP contribution in [0.15, 0.2) is 23.8 Å². The molecular formula is C14H11N3OS2. The van der Waals surface area contributed by atoms with Gasteiger partial charge in [-0.25, -0.2) is 9.97 Å². The average Bonchev–Trinajstić information content (AvgIpc) is 3.03. The van der Waals surface area contributed by atoms with Gasteiger partial charge >= 0.3 is 0 Å². The molecule has 4 nitrogen and oxygen atoms in total. The number of hydrogen-bond donors (Lipinski definition) is 1. The molecule has 0 aromatic carbocycles.